The van der Waals surface area contributed by atoms with Gasteiger partial charge in [0.05, 0.1) is 0 Å². The Bertz CT molecular complexity index is 189. The summed E-state index contributed by atoms with van der Waals surface area (Å²) in [6.07, 6.45) is 5.03. The maximum absolute atomic E-state index is 10.9. The molecule has 0 rings (SSSR count). The second kappa shape index (κ2) is 6.86. The van der Waals surface area contributed by atoms with Gasteiger partial charge in [0.15, 0.2) is 0 Å². The van der Waals surface area contributed by atoms with Crippen molar-refractivity contribution in [2.75, 3.05) is 6.54 Å². The van der Waals surface area contributed by atoms with Crippen LogP contribution in [0.5, 0.6) is 0 Å². The number of carbonyl (C=O) groups is 1. The predicted octanol–water partition coefficient (Wildman–Crippen LogP) is 3.37. The molecule has 0 aromatic rings. The zero-order chi connectivity index (χ0) is 11.9. The molecular formula is C13H27NO. The van der Waals surface area contributed by atoms with Gasteiger partial charge in [0.25, 0.3) is 0 Å². The Morgan fingerprint density at radius 2 is 1.93 bits per heavy atom. The van der Waals surface area contributed by atoms with Gasteiger partial charge in [-0.1, -0.05) is 47.0 Å². The molecule has 0 heterocycles. The van der Waals surface area contributed by atoms with Crippen molar-refractivity contribution in [2.45, 2.75) is 60.3 Å². The Hall–Kier alpha value is -0.530. The molecule has 1 N–H and O–H groups in total. The first-order valence-electron chi connectivity index (χ1n) is 6.17. The van der Waals surface area contributed by atoms with E-state index < -0.39 is 0 Å². The predicted molar refractivity (Wildman–Crippen MR) is 65.8 cm³/mol. The van der Waals surface area contributed by atoms with E-state index in [1.54, 1.807) is 6.92 Å². The summed E-state index contributed by atoms with van der Waals surface area (Å²) in [6.45, 7) is 11.4. The summed E-state index contributed by atoms with van der Waals surface area (Å²) in [4.78, 5) is 10.9. The second-order valence-corrected chi connectivity index (χ2v) is 5.18. The Morgan fingerprint density at radius 3 is 2.33 bits per heavy atom. The van der Waals surface area contributed by atoms with Crippen LogP contribution in [0.2, 0.25) is 0 Å². The number of rotatable bonds is 7. The first-order valence-corrected chi connectivity index (χ1v) is 6.17. The summed E-state index contributed by atoms with van der Waals surface area (Å²) in [5, 5.41) is 2.96. The van der Waals surface area contributed by atoms with Crippen molar-refractivity contribution in [3.05, 3.63) is 0 Å². The minimum absolute atomic E-state index is 0.0809. The lowest BCUT2D eigenvalue weighted by atomic mass is 9.75. The van der Waals surface area contributed by atoms with E-state index in [0.717, 1.165) is 6.54 Å². The van der Waals surface area contributed by atoms with Crippen LogP contribution in [0.25, 0.3) is 0 Å². The summed E-state index contributed by atoms with van der Waals surface area (Å²) in [5.41, 5.74) is 0.251. The van der Waals surface area contributed by atoms with Crippen LogP contribution >= 0.6 is 0 Å². The topological polar surface area (TPSA) is 29.1 Å². The van der Waals surface area contributed by atoms with E-state index in [0.29, 0.717) is 5.92 Å². The van der Waals surface area contributed by atoms with Crippen LogP contribution in [-0.2, 0) is 4.79 Å². The average Bonchev–Trinajstić information content (AvgIpc) is 2.15. The highest BCUT2D eigenvalue weighted by molar-refractivity contribution is 5.72. The van der Waals surface area contributed by atoms with E-state index in [9.17, 15) is 4.79 Å². The number of carbonyl (C=O) groups excluding carboxylic acids is 1. The van der Waals surface area contributed by atoms with Crippen LogP contribution in [-0.4, -0.2) is 12.5 Å². The Balaban J connectivity index is 4.12. The first kappa shape index (κ1) is 14.5. The number of hydrogen-bond acceptors (Lipinski definition) is 1. The van der Waals surface area contributed by atoms with Crippen LogP contribution in [0, 0.1) is 11.3 Å². The van der Waals surface area contributed by atoms with Crippen molar-refractivity contribution >= 4 is 5.91 Å². The normalized spacial score (nSPS) is 15.1. The third-order valence-corrected chi connectivity index (χ3v) is 3.49. The van der Waals surface area contributed by atoms with E-state index in [4.69, 9.17) is 0 Å². The molecule has 0 saturated heterocycles. The van der Waals surface area contributed by atoms with Gasteiger partial charge in [0.2, 0.25) is 5.91 Å². The lowest BCUT2D eigenvalue weighted by Gasteiger charge is -2.34. The monoisotopic (exact) mass is 213 g/mol. The molecule has 0 aliphatic carbocycles. The molecule has 0 aliphatic rings. The van der Waals surface area contributed by atoms with Crippen LogP contribution in [0.1, 0.15) is 60.3 Å². The summed E-state index contributed by atoms with van der Waals surface area (Å²) in [7, 11) is 0. The third kappa shape index (κ3) is 5.81. The summed E-state index contributed by atoms with van der Waals surface area (Å²) in [5.74, 6) is 0.693. The standard InChI is InChI=1S/C13H27NO/c1-6-7-8-9-13(5,11(2)3)10-14-12(4)15/h11H,6-10H2,1-5H3,(H,14,15). The van der Waals surface area contributed by atoms with Crippen molar-refractivity contribution in [3.8, 4) is 0 Å². The molecule has 0 aromatic carbocycles. The molecule has 0 aromatic heterocycles. The Morgan fingerprint density at radius 1 is 1.33 bits per heavy atom. The zero-order valence-corrected chi connectivity index (χ0v) is 11.0. The fourth-order valence-corrected chi connectivity index (χ4v) is 1.69. The average molecular weight is 213 g/mol. The summed E-state index contributed by atoms with van der Waals surface area (Å²) < 4.78 is 0. The van der Waals surface area contributed by atoms with Gasteiger partial charge in [-0.15, -0.1) is 0 Å². The lowest BCUT2D eigenvalue weighted by molar-refractivity contribution is -0.119. The van der Waals surface area contributed by atoms with Gasteiger partial charge in [0.1, 0.15) is 0 Å². The molecule has 1 unspecified atom stereocenters. The van der Waals surface area contributed by atoms with Crippen molar-refractivity contribution in [3.63, 3.8) is 0 Å². The van der Waals surface area contributed by atoms with Crippen molar-refractivity contribution in [1.82, 2.24) is 5.32 Å². The largest absolute Gasteiger partial charge is 0.356 e. The van der Waals surface area contributed by atoms with E-state index in [1.807, 2.05) is 0 Å². The number of unbranched alkanes of at least 4 members (excludes halogenated alkanes) is 2. The lowest BCUT2D eigenvalue weighted by Crippen LogP contribution is -2.38. The van der Waals surface area contributed by atoms with Crippen molar-refractivity contribution in [1.29, 1.82) is 0 Å². The molecular weight excluding hydrogens is 186 g/mol. The van der Waals surface area contributed by atoms with E-state index in [1.165, 1.54) is 25.7 Å². The van der Waals surface area contributed by atoms with Gasteiger partial charge >= 0.3 is 0 Å². The van der Waals surface area contributed by atoms with Gasteiger partial charge in [-0.25, -0.2) is 0 Å². The Kier molecular flexibility index (Phi) is 6.62. The summed E-state index contributed by atoms with van der Waals surface area (Å²) >= 11 is 0. The third-order valence-electron chi connectivity index (χ3n) is 3.49. The molecule has 2 heteroatoms. The van der Waals surface area contributed by atoms with Gasteiger partial charge in [-0.05, 0) is 17.8 Å². The van der Waals surface area contributed by atoms with E-state index in [-0.39, 0.29) is 11.3 Å². The van der Waals surface area contributed by atoms with Crippen molar-refractivity contribution in [2.24, 2.45) is 11.3 Å². The summed E-state index contributed by atoms with van der Waals surface area (Å²) in [6, 6.07) is 0. The fourth-order valence-electron chi connectivity index (χ4n) is 1.69. The minimum atomic E-state index is 0.0809. The smallest absolute Gasteiger partial charge is 0.216 e. The molecule has 0 radical (unpaired) electrons. The zero-order valence-electron chi connectivity index (χ0n) is 11.0. The van der Waals surface area contributed by atoms with Crippen LogP contribution < -0.4 is 5.32 Å². The molecule has 0 aliphatic heterocycles. The molecule has 1 atom stereocenters. The molecule has 15 heavy (non-hydrogen) atoms. The van der Waals surface area contributed by atoms with Gasteiger partial charge in [-0.3, -0.25) is 4.79 Å². The first-order chi connectivity index (χ1) is 6.92. The van der Waals surface area contributed by atoms with Gasteiger partial charge in [0, 0.05) is 13.5 Å². The number of nitrogens with one attached hydrogen (secondary N) is 1. The highest BCUT2D eigenvalue weighted by Gasteiger charge is 2.27. The molecule has 1 amide bonds. The number of hydrogen-bond donors (Lipinski definition) is 1. The van der Waals surface area contributed by atoms with Crippen molar-refractivity contribution < 1.29 is 4.79 Å². The number of amides is 1. The molecule has 2 nitrogen and oxygen atoms in total. The fraction of sp³-hybridized carbons (Fsp3) is 0.923. The maximum Gasteiger partial charge on any atom is 0.216 e. The highest BCUT2D eigenvalue weighted by atomic mass is 16.1. The van der Waals surface area contributed by atoms with E-state index in [2.05, 4.69) is 33.0 Å². The molecule has 90 valence electrons. The van der Waals surface area contributed by atoms with Gasteiger partial charge in [-0.2, -0.15) is 0 Å². The Labute approximate surface area is 94.8 Å². The van der Waals surface area contributed by atoms with Gasteiger partial charge < -0.3 is 5.32 Å². The van der Waals surface area contributed by atoms with Crippen LogP contribution in [0.3, 0.4) is 0 Å². The van der Waals surface area contributed by atoms with Crippen LogP contribution in [0.4, 0.5) is 0 Å². The molecule has 0 bridgehead atoms. The highest BCUT2D eigenvalue weighted by Crippen LogP contribution is 2.32. The van der Waals surface area contributed by atoms with Crippen LogP contribution in [0.15, 0.2) is 0 Å². The quantitative estimate of drug-likeness (QED) is 0.645. The molecule has 0 spiro atoms. The minimum Gasteiger partial charge on any atom is -0.356 e. The SMILES string of the molecule is CCCCCC(C)(CNC(C)=O)C(C)C. The molecule has 0 fully saturated rings. The molecule has 0 saturated carbocycles. The maximum atomic E-state index is 10.9. The van der Waals surface area contributed by atoms with E-state index >= 15 is 0 Å². The second-order valence-electron chi connectivity index (χ2n) is 5.18.